The first-order chi connectivity index (χ1) is 9.36. The number of benzene rings is 1. The van der Waals surface area contributed by atoms with E-state index in [1.165, 1.54) is 13.0 Å². The van der Waals surface area contributed by atoms with Crippen molar-refractivity contribution in [3.63, 3.8) is 0 Å². The van der Waals surface area contributed by atoms with Crippen molar-refractivity contribution in [1.29, 1.82) is 0 Å². The molecule has 8 nitrogen and oxygen atoms in total. The molecular formula is C12H14N2O6. The Morgan fingerprint density at radius 2 is 2.15 bits per heavy atom. The third kappa shape index (κ3) is 3.84. The lowest BCUT2D eigenvalue weighted by Gasteiger charge is -2.18. The average Bonchev–Trinajstić information content (AvgIpc) is 2.42. The smallest absolute Gasteiger partial charge is 0.279 e. The molecule has 0 saturated heterocycles. The quantitative estimate of drug-likeness (QED) is 0.380. The number of amides is 1. The van der Waals surface area contributed by atoms with E-state index in [0.717, 1.165) is 12.1 Å². The Balaban J connectivity index is 2.93. The Labute approximate surface area is 114 Å². The number of aliphatic hydroxyl groups is 2. The van der Waals surface area contributed by atoms with Gasteiger partial charge in [-0.05, 0) is 17.7 Å². The largest absolute Gasteiger partial charge is 0.388 e. The Morgan fingerprint density at radius 3 is 2.65 bits per heavy atom. The van der Waals surface area contributed by atoms with Crippen LogP contribution in [0, 0.1) is 10.1 Å². The lowest BCUT2D eigenvalue weighted by molar-refractivity contribution is -0.385. The molecule has 0 bridgehead atoms. The molecule has 8 heteroatoms. The first-order valence-electron chi connectivity index (χ1n) is 5.71. The summed E-state index contributed by atoms with van der Waals surface area (Å²) in [6, 6.07) is 3.45. The second-order valence-electron chi connectivity index (χ2n) is 4.14. The Hall–Kier alpha value is -2.32. The molecule has 2 atom stereocenters. The van der Waals surface area contributed by atoms with Crippen LogP contribution in [0.5, 0.6) is 0 Å². The molecule has 3 N–H and O–H groups in total. The summed E-state index contributed by atoms with van der Waals surface area (Å²) in [6.07, 6.45) is -2.37. The van der Waals surface area contributed by atoms with Gasteiger partial charge in [-0.15, -0.1) is 0 Å². The number of carbonyl (C=O) groups excluding carboxylic acids is 2. The molecule has 0 heterocycles. The minimum Gasteiger partial charge on any atom is -0.388 e. The number of hydrogen-bond donors (Lipinski definition) is 3. The van der Waals surface area contributed by atoms with E-state index in [9.17, 15) is 29.9 Å². The Bertz CT molecular complexity index is 531. The van der Waals surface area contributed by atoms with E-state index >= 15 is 0 Å². The zero-order chi connectivity index (χ0) is 15.3. The topological polar surface area (TPSA) is 130 Å². The van der Waals surface area contributed by atoms with E-state index in [0.29, 0.717) is 6.29 Å². The number of aldehydes is 1. The zero-order valence-corrected chi connectivity index (χ0v) is 10.6. The minimum atomic E-state index is -1.37. The monoisotopic (exact) mass is 282 g/mol. The van der Waals surface area contributed by atoms with Gasteiger partial charge < -0.3 is 15.5 Å². The molecule has 2 unspecified atom stereocenters. The molecule has 1 rings (SSSR count). The number of carbonyl (C=O) groups is 2. The molecule has 0 aliphatic carbocycles. The standard InChI is InChI=1S/C12H14N2O6/c1-7(16)13-5-11(17)12(18)8-2-3-10(14(19)20)9(4-8)6-15/h2-4,6,11-12,17-18H,5H2,1H3,(H,13,16). The third-order valence-corrected chi connectivity index (χ3v) is 2.64. The van der Waals surface area contributed by atoms with Crippen molar-refractivity contribution in [1.82, 2.24) is 5.32 Å². The van der Waals surface area contributed by atoms with Crippen LogP contribution in [0.15, 0.2) is 18.2 Å². The van der Waals surface area contributed by atoms with Crippen molar-refractivity contribution in [3.05, 3.63) is 39.4 Å². The maximum absolute atomic E-state index is 10.8. The van der Waals surface area contributed by atoms with Crippen molar-refractivity contribution in [2.45, 2.75) is 19.1 Å². The van der Waals surface area contributed by atoms with Crippen LogP contribution in [-0.2, 0) is 4.79 Å². The van der Waals surface area contributed by atoms with Gasteiger partial charge in [0.15, 0.2) is 6.29 Å². The number of rotatable bonds is 6. The lowest BCUT2D eigenvalue weighted by atomic mass is 10.0. The fourth-order valence-corrected chi connectivity index (χ4v) is 1.60. The molecule has 0 aliphatic heterocycles. The number of nitrogens with one attached hydrogen (secondary N) is 1. The predicted octanol–water partition coefficient (Wildman–Crippen LogP) is -0.0623. The summed E-state index contributed by atoms with van der Waals surface area (Å²) in [6.45, 7) is 1.08. The van der Waals surface area contributed by atoms with Crippen molar-refractivity contribution in [2.24, 2.45) is 0 Å². The minimum absolute atomic E-state index is 0.149. The summed E-state index contributed by atoms with van der Waals surface area (Å²) < 4.78 is 0. The van der Waals surface area contributed by atoms with E-state index in [4.69, 9.17) is 0 Å². The van der Waals surface area contributed by atoms with Gasteiger partial charge in [-0.2, -0.15) is 0 Å². The molecule has 0 aromatic heterocycles. The van der Waals surface area contributed by atoms with Crippen molar-refractivity contribution < 1.29 is 24.7 Å². The molecule has 1 aromatic rings. The van der Waals surface area contributed by atoms with Crippen LogP contribution in [0.2, 0.25) is 0 Å². The fourth-order valence-electron chi connectivity index (χ4n) is 1.60. The van der Waals surface area contributed by atoms with Crippen LogP contribution < -0.4 is 5.32 Å². The molecule has 1 amide bonds. The zero-order valence-electron chi connectivity index (χ0n) is 10.6. The Kier molecular flexibility index (Phi) is 5.30. The number of nitro benzene ring substituents is 1. The lowest BCUT2D eigenvalue weighted by Crippen LogP contribution is -2.34. The highest BCUT2D eigenvalue weighted by Crippen LogP contribution is 2.23. The fraction of sp³-hybridized carbons (Fsp3) is 0.333. The normalized spacial score (nSPS) is 13.3. The van der Waals surface area contributed by atoms with Gasteiger partial charge in [0.05, 0.1) is 10.5 Å². The number of nitrogens with zero attached hydrogens (tertiary/aromatic N) is 1. The van der Waals surface area contributed by atoms with Crippen LogP contribution >= 0.6 is 0 Å². The SMILES string of the molecule is CC(=O)NCC(O)C(O)c1ccc([N+](=O)[O-])c(C=O)c1. The Morgan fingerprint density at radius 1 is 1.50 bits per heavy atom. The molecule has 0 fully saturated rings. The summed E-state index contributed by atoms with van der Waals surface area (Å²) in [4.78, 5) is 31.4. The van der Waals surface area contributed by atoms with Crippen molar-refractivity contribution in [2.75, 3.05) is 6.54 Å². The van der Waals surface area contributed by atoms with Crippen LogP contribution in [-0.4, -0.2) is 40.0 Å². The van der Waals surface area contributed by atoms with Gasteiger partial charge in [-0.25, -0.2) is 0 Å². The van der Waals surface area contributed by atoms with Crippen LogP contribution in [0.3, 0.4) is 0 Å². The van der Waals surface area contributed by atoms with E-state index < -0.39 is 17.1 Å². The third-order valence-electron chi connectivity index (χ3n) is 2.64. The number of hydrogen-bond acceptors (Lipinski definition) is 6. The summed E-state index contributed by atoms with van der Waals surface area (Å²) in [5.74, 6) is -0.367. The average molecular weight is 282 g/mol. The van der Waals surface area contributed by atoms with Crippen molar-refractivity contribution >= 4 is 17.9 Å². The highest BCUT2D eigenvalue weighted by Gasteiger charge is 2.22. The van der Waals surface area contributed by atoms with Gasteiger partial charge in [-0.1, -0.05) is 0 Å². The van der Waals surface area contributed by atoms with E-state index in [-0.39, 0.29) is 29.3 Å². The van der Waals surface area contributed by atoms with E-state index in [1.807, 2.05) is 0 Å². The summed E-state index contributed by atoms with van der Waals surface area (Å²) >= 11 is 0. The summed E-state index contributed by atoms with van der Waals surface area (Å²) in [7, 11) is 0. The molecule has 108 valence electrons. The molecular weight excluding hydrogens is 268 g/mol. The van der Waals surface area contributed by atoms with Crippen LogP contribution in [0.1, 0.15) is 28.9 Å². The molecule has 0 radical (unpaired) electrons. The maximum Gasteiger partial charge on any atom is 0.279 e. The number of aliphatic hydroxyl groups excluding tert-OH is 2. The molecule has 0 spiro atoms. The van der Waals surface area contributed by atoms with Crippen molar-refractivity contribution in [3.8, 4) is 0 Å². The van der Waals surface area contributed by atoms with Crippen LogP contribution in [0.4, 0.5) is 5.69 Å². The summed E-state index contributed by atoms with van der Waals surface area (Å²) in [5, 5.41) is 32.5. The molecule has 20 heavy (non-hydrogen) atoms. The van der Waals surface area contributed by atoms with Gasteiger partial charge >= 0.3 is 0 Å². The molecule has 0 aliphatic rings. The van der Waals surface area contributed by atoms with Crippen LogP contribution in [0.25, 0.3) is 0 Å². The van der Waals surface area contributed by atoms with E-state index in [2.05, 4.69) is 5.32 Å². The second kappa shape index (κ2) is 6.73. The predicted molar refractivity (Wildman–Crippen MR) is 68.1 cm³/mol. The molecule has 0 saturated carbocycles. The van der Waals surface area contributed by atoms with Gasteiger partial charge in [0.25, 0.3) is 5.69 Å². The van der Waals surface area contributed by atoms with E-state index in [1.54, 1.807) is 0 Å². The second-order valence-corrected chi connectivity index (χ2v) is 4.14. The van der Waals surface area contributed by atoms with Gasteiger partial charge in [0, 0.05) is 19.5 Å². The van der Waals surface area contributed by atoms with Gasteiger partial charge in [-0.3, -0.25) is 19.7 Å². The summed E-state index contributed by atoms with van der Waals surface area (Å²) in [5.41, 5.74) is -0.430. The maximum atomic E-state index is 10.8. The highest BCUT2D eigenvalue weighted by atomic mass is 16.6. The first kappa shape index (κ1) is 15.7. The number of nitro groups is 1. The highest BCUT2D eigenvalue weighted by molar-refractivity contribution is 5.81. The molecule has 1 aromatic carbocycles. The van der Waals surface area contributed by atoms with Gasteiger partial charge in [0.2, 0.25) is 5.91 Å². The first-order valence-corrected chi connectivity index (χ1v) is 5.71. The van der Waals surface area contributed by atoms with Gasteiger partial charge in [0.1, 0.15) is 12.2 Å².